The van der Waals surface area contributed by atoms with E-state index in [9.17, 15) is 0 Å². The SMILES string of the molecule is CNc1ncc2c(Cc3ccccc3)nn(CC3CCC(N)CC3)c2[n+]1C. The first-order valence-corrected chi connectivity index (χ1v) is 9.87. The number of nitrogens with two attached hydrogens (primary N) is 1. The molecule has 1 saturated carbocycles. The van der Waals surface area contributed by atoms with Gasteiger partial charge in [-0.3, -0.25) is 5.32 Å². The van der Waals surface area contributed by atoms with Crippen molar-refractivity contribution in [2.45, 2.75) is 44.7 Å². The summed E-state index contributed by atoms with van der Waals surface area (Å²) in [6.07, 6.45) is 7.39. The molecule has 0 amide bonds. The Morgan fingerprint density at radius 1 is 1.19 bits per heavy atom. The highest BCUT2D eigenvalue weighted by molar-refractivity contribution is 5.75. The molecular weight excluding hydrogens is 336 g/mol. The van der Waals surface area contributed by atoms with Crippen LogP contribution in [-0.4, -0.2) is 27.9 Å². The van der Waals surface area contributed by atoms with E-state index in [1.165, 1.54) is 18.4 Å². The van der Waals surface area contributed by atoms with Gasteiger partial charge in [0.25, 0.3) is 0 Å². The minimum absolute atomic E-state index is 0.375. The third-order valence-electron chi connectivity index (χ3n) is 5.75. The normalized spacial score (nSPS) is 20.1. The predicted molar refractivity (Wildman–Crippen MR) is 107 cm³/mol. The maximum absolute atomic E-state index is 6.09. The Kier molecular flexibility index (Phi) is 5.07. The van der Waals surface area contributed by atoms with Gasteiger partial charge in [-0.05, 0) is 37.2 Å². The molecule has 1 fully saturated rings. The number of rotatable bonds is 5. The van der Waals surface area contributed by atoms with E-state index in [0.29, 0.717) is 12.0 Å². The lowest BCUT2D eigenvalue weighted by atomic mass is 9.86. The molecule has 0 saturated heterocycles. The molecule has 2 aromatic heterocycles. The maximum atomic E-state index is 6.09. The Labute approximate surface area is 160 Å². The molecule has 27 heavy (non-hydrogen) atoms. The number of aromatic nitrogens is 4. The van der Waals surface area contributed by atoms with Gasteiger partial charge in [-0.1, -0.05) is 30.3 Å². The van der Waals surface area contributed by atoms with Crippen molar-refractivity contribution in [3.8, 4) is 0 Å². The molecule has 0 spiro atoms. The zero-order valence-electron chi connectivity index (χ0n) is 16.2. The molecule has 1 aromatic carbocycles. The van der Waals surface area contributed by atoms with Gasteiger partial charge in [0.05, 0.1) is 24.7 Å². The predicted octanol–water partition coefficient (Wildman–Crippen LogP) is 2.41. The molecule has 1 aliphatic carbocycles. The van der Waals surface area contributed by atoms with Gasteiger partial charge in [0, 0.05) is 19.5 Å². The van der Waals surface area contributed by atoms with E-state index in [-0.39, 0.29) is 0 Å². The molecule has 0 aliphatic heterocycles. The van der Waals surface area contributed by atoms with Crippen LogP contribution in [0.2, 0.25) is 0 Å². The van der Waals surface area contributed by atoms with E-state index in [4.69, 9.17) is 10.8 Å². The summed E-state index contributed by atoms with van der Waals surface area (Å²) in [7, 11) is 3.96. The van der Waals surface area contributed by atoms with Gasteiger partial charge in [0.2, 0.25) is 5.65 Å². The molecule has 0 radical (unpaired) electrons. The quantitative estimate of drug-likeness (QED) is 0.681. The van der Waals surface area contributed by atoms with Crippen LogP contribution in [0.5, 0.6) is 0 Å². The van der Waals surface area contributed by atoms with E-state index in [1.807, 2.05) is 13.2 Å². The highest BCUT2D eigenvalue weighted by atomic mass is 15.3. The fourth-order valence-corrected chi connectivity index (χ4v) is 4.21. The van der Waals surface area contributed by atoms with Crippen LogP contribution in [0.3, 0.4) is 0 Å². The summed E-state index contributed by atoms with van der Waals surface area (Å²) in [5.41, 5.74) is 9.59. The molecule has 3 aromatic rings. The fourth-order valence-electron chi connectivity index (χ4n) is 4.21. The molecule has 142 valence electrons. The van der Waals surface area contributed by atoms with Crippen LogP contribution in [0.15, 0.2) is 36.5 Å². The number of nitrogens with zero attached hydrogens (tertiary/aromatic N) is 4. The topological polar surface area (TPSA) is 72.6 Å². The number of hydrogen-bond donors (Lipinski definition) is 2. The van der Waals surface area contributed by atoms with E-state index >= 15 is 0 Å². The van der Waals surface area contributed by atoms with Crippen molar-refractivity contribution in [3.63, 3.8) is 0 Å². The van der Waals surface area contributed by atoms with Gasteiger partial charge < -0.3 is 5.73 Å². The van der Waals surface area contributed by atoms with Crippen molar-refractivity contribution in [2.24, 2.45) is 18.7 Å². The van der Waals surface area contributed by atoms with Crippen LogP contribution >= 0.6 is 0 Å². The summed E-state index contributed by atoms with van der Waals surface area (Å²) >= 11 is 0. The van der Waals surface area contributed by atoms with Gasteiger partial charge in [-0.2, -0.15) is 4.68 Å². The van der Waals surface area contributed by atoms with Crippen LogP contribution in [-0.2, 0) is 20.0 Å². The number of anilines is 1. The van der Waals surface area contributed by atoms with Crippen LogP contribution in [0, 0.1) is 5.92 Å². The Balaban J connectivity index is 1.72. The summed E-state index contributed by atoms with van der Waals surface area (Å²) in [4.78, 5) is 4.58. The lowest BCUT2D eigenvalue weighted by Crippen LogP contribution is -2.36. The highest BCUT2D eigenvalue weighted by Gasteiger charge is 2.25. The minimum Gasteiger partial charge on any atom is -0.328 e. The van der Waals surface area contributed by atoms with Crippen molar-refractivity contribution in [1.82, 2.24) is 14.8 Å². The molecule has 0 bridgehead atoms. The average Bonchev–Trinajstić information content (AvgIpc) is 3.03. The first-order valence-electron chi connectivity index (χ1n) is 9.87. The fraction of sp³-hybridized carbons (Fsp3) is 0.476. The minimum atomic E-state index is 0.375. The van der Waals surface area contributed by atoms with Crippen molar-refractivity contribution in [1.29, 1.82) is 0 Å². The lowest BCUT2D eigenvalue weighted by Gasteiger charge is -2.25. The molecule has 0 atom stereocenters. The second kappa shape index (κ2) is 7.64. The van der Waals surface area contributed by atoms with Crippen molar-refractivity contribution < 1.29 is 4.57 Å². The summed E-state index contributed by atoms with van der Waals surface area (Å²) in [6, 6.07) is 10.9. The Hall–Kier alpha value is -2.47. The number of nitrogens with one attached hydrogen (secondary N) is 1. The Morgan fingerprint density at radius 2 is 1.93 bits per heavy atom. The summed E-state index contributed by atoms with van der Waals surface area (Å²) in [6.45, 7) is 0.943. The number of benzene rings is 1. The average molecular weight is 366 g/mol. The molecule has 2 heterocycles. The first-order chi connectivity index (χ1) is 13.2. The summed E-state index contributed by atoms with van der Waals surface area (Å²) in [5.74, 6) is 1.49. The smallest absolute Gasteiger partial charge is 0.328 e. The highest BCUT2D eigenvalue weighted by Crippen LogP contribution is 2.27. The number of aryl methyl sites for hydroxylation is 1. The maximum Gasteiger partial charge on any atom is 0.346 e. The van der Waals surface area contributed by atoms with Gasteiger partial charge in [0.15, 0.2) is 0 Å². The first kappa shape index (κ1) is 17.9. The standard InChI is InChI=1S/C21H28N6/c1-23-21-24-13-18-19(12-15-6-4-3-5-7-15)25-27(20(18)26(21)2)14-16-8-10-17(22)11-9-16/h3-7,13,16-17H,8-12,14,22H2,1-2H3/p+1. The molecule has 6 heteroatoms. The van der Waals surface area contributed by atoms with Gasteiger partial charge in [-0.15, -0.1) is 10.1 Å². The van der Waals surface area contributed by atoms with Crippen molar-refractivity contribution in [2.75, 3.05) is 12.4 Å². The Morgan fingerprint density at radius 3 is 2.63 bits per heavy atom. The summed E-state index contributed by atoms with van der Waals surface area (Å²) < 4.78 is 4.31. The molecule has 0 unspecified atom stereocenters. The second-order valence-electron chi connectivity index (χ2n) is 7.70. The molecule has 6 nitrogen and oxygen atoms in total. The van der Waals surface area contributed by atoms with Crippen molar-refractivity contribution >= 4 is 17.0 Å². The lowest BCUT2D eigenvalue weighted by molar-refractivity contribution is -0.636. The molecule has 1 aliphatic rings. The zero-order chi connectivity index (χ0) is 18.8. The molecular formula is C21H29N6+. The van der Waals surface area contributed by atoms with Gasteiger partial charge >= 0.3 is 5.95 Å². The largest absolute Gasteiger partial charge is 0.346 e. The van der Waals surface area contributed by atoms with Crippen molar-refractivity contribution in [3.05, 3.63) is 47.8 Å². The van der Waals surface area contributed by atoms with E-state index in [1.54, 1.807) is 0 Å². The molecule has 4 rings (SSSR count). The van der Waals surface area contributed by atoms with E-state index < -0.39 is 0 Å². The van der Waals surface area contributed by atoms with Crippen LogP contribution in [0.4, 0.5) is 5.95 Å². The van der Waals surface area contributed by atoms with Crippen LogP contribution in [0.25, 0.3) is 11.0 Å². The van der Waals surface area contributed by atoms with Gasteiger partial charge in [0.1, 0.15) is 6.20 Å². The zero-order valence-corrected chi connectivity index (χ0v) is 16.2. The van der Waals surface area contributed by atoms with E-state index in [2.05, 4.69) is 56.9 Å². The second-order valence-corrected chi connectivity index (χ2v) is 7.70. The number of fused-ring (bicyclic) bond motifs is 1. The monoisotopic (exact) mass is 365 g/mol. The van der Waals surface area contributed by atoms with Crippen LogP contribution < -0.4 is 15.6 Å². The Bertz CT molecular complexity index is 909. The van der Waals surface area contributed by atoms with Gasteiger partial charge in [-0.25, -0.2) is 4.57 Å². The molecule has 3 N–H and O–H groups in total. The van der Waals surface area contributed by atoms with Crippen LogP contribution in [0.1, 0.15) is 36.9 Å². The number of hydrogen-bond acceptors (Lipinski definition) is 4. The third kappa shape index (κ3) is 3.67. The van der Waals surface area contributed by atoms with E-state index in [0.717, 1.165) is 48.5 Å². The third-order valence-corrected chi connectivity index (χ3v) is 5.75. The summed E-state index contributed by atoms with van der Waals surface area (Å²) in [5, 5.41) is 9.34.